The number of amides is 1. The average Bonchev–Trinajstić information content (AvgIpc) is 2.62. The van der Waals surface area contributed by atoms with E-state index in [1.165, 1.54) is 0 Å². The van der Waals surface area contributed by atoms with Gasteiger partial charge in [-0.05, 0) is 43.4 Å². The highest BCUT2D eigenvalue weighted by molar-refractivity contribution is 9.10. The van der Waals surface area contributed by atoms with Crippen LogP contribution in [0.5, 0.6) is 5.75 Å². The van der Waals surface area contributed by atoms with E-state index in [4.69, 9.17) is 4.74 Å². The Morgan fingerprint density at radius 1 is 1.08 bits per heavy atom. The van der Waals surface area contributed by atoms with Gasteiger partial charge < -0.3 is 19.9 Å². The van der Waals surface area contributed by atoms with Crippen LogP contribution in [0.25, 0.3) is 0 Å². The van der Waals surface area contributed by atoms with Gasteiger partial charge in [0.25, 0.3) is 5.91 Å². The van der Waals surface area contributed by atoms with Crippen LogP contribution in [0.3, 0.4) is 0 Å². The molecule has 0 aliphatic carbocycles. The first kappa shape index (κ1) is 17.8. The smallest absolute Gasteiger partial charge is 0.255 e. The third-order valence-corrected chi connectivity index (χ3v) is 4.93. The van der Waals surface area contributed by atoms with Crippen molar-refractivity contribution in [3.8, 4) is 5.75 Å². The van der Waals surface area contributed by atoms with E-state index in [0.29, 0.717) is 17.0 Å². The monoisotopic (exact) mass is 403 g/mol. The molecule has 0 atom stereocenters. The molecule has 132 valence electrons. The molecule has 2 aromatic carbocycles. The van der Waals surface area contributed by atoms with Crippen LogP contribution in [0.4, 0.5) is 11.4 Å². The summed E-state index contributed by atoms with van der Waals surface area (Å²) in [6.45, 7) is 3.91. The van der Waals surface area contributed by atoms with E-state index in [-0.39, 0.29) is 5.91 Å². The summed E-state index contributed by atoms with van der Waals surface area (Å²) in [6, 6.07) is 13.1. The van der Waals surface area contributed by atoms with Gasteiger partial charge in [-0.1, -0.05) is 22.0 Å². The van der Waals surface area contributed by atoms with Crippen LogP contribution in [0.15, 0.2) is 46.9 Å². The number of piperazine rings is 1. The molecule has 5 nitrogen and oxygen atoms in total. The topological polar surface area (TPSA) is 44.8 Å². The van der Waals surface area contributed by atoms with Crippen LogP contribution in [0.1, 0.15) is 10.4 Å². The van der Waals surface area contributed by atoms with E-state index in [9.17, 15) is 4.79 Å². The highest BCUT2D eigenvalue weighted by Crippen LogP contribution is 2.36. The van der Waals surface area contributed by atoms with Crippen molar-refractivity contribution in [3.63, 3.8) is 0 Å². The largest absolute Gasteiger partial charge is 0.492 e. The molecule has 1 aliphatic heterocycles. The Morgan fingerprint density at radius 3 is 2.40 bits per heavy atom. The Balaban J connectivity index is 1.82. The van der Waals surface area contributed by atoms with Crippen LogP contribution in [0.2, 0.25) is 0 Å². The van der Waals surface area contributed by atoms with E-state index in [2.05, 4.69) is 38.1 Å². The summed E-state index contributed by atoms with van der Waals surface area (Å²) in [6.07, 6.45) is 0. The number of benzene rings is 2. The lowest BCUT2D eigenvalue weighted by molar-refractivity contribution is 0.102. The summed E-state index contributed by atoms with van der Waals surface area (Å²) < 4.78 is 6.58. The number of carbonyl (C=O) groups is 1. The minimum Gasteiger partial charge on any atom is -0.492 e. The fourth-order valence-corrected chi connectivity index (χ4v) is 3.19. The van der Waals surface area contributed by atoms with Crippen molar-refractivity contribution >= 4 is 33.2 Å². The maximum Gasteiger partial charge on any atom is 0.255 e. The van der Waals surface area contributed by atoms with Gasteiger partial charge in [0.2, 0.25) is 0 Å². The van der Waals surface area contributed by atoms with Crippen molar-refractivity contribution in [3.05, 3.63) is 52.5 Å². The normalized spacial score (nSPS) is 15.1. The lowest BCUT2D eigenvalue weighted by Crippen LogP contribution is -2.44. The number of hydrogen-bond acceptors (Lipinski definition) is 4. The van der Waals surface area contributed by atoms with Gasteiger partial charge in [0.05, 0.1) is 18.5 Å². The molecule has 1 fully saturated rings. The first-order chi connectivity index (χ1) is 12.1. The molecule has 1 heterocycles. The van der Waals surface area contributed by atoms with E-state index >= 15 is 0 Å². The number of methoxy groups -OCH3 is 1. The van der Waals surface area contributed by atoms with Gasteiger partial charge in [-0.3, -0.25) is 4.79 Å². The standard InChI is InChI=1S/C19H22BrN3O2/c1-22-10-12-23(13-11-22)17-5-3-4-16(18(17)25-2)21-19(24)14-6-8-15(20)9-7-14/h3-9H,10-13H2,1-2H3,(H,21,24). The quantitative estimate of drug-likeness (QED) is 0.848. The molecule has 1 aliphatic rings. The molecule has 6 heteroatoms. The lowest BCUT2D eigenvalue weighted by Gasteiger charge is -2.35. The predicted molar refractivity (Wildman–Crippen MR) is 105 cm³/mol. The third kappa shape index (κ3) is 4.14. The summed E-state index contributed by atoms with van der Waals surface area (Å²) in [5.41, 5.74) is 2.31. The molecule has 1 amide bonds. The van der Waals surface area contributed by atoms with Gasteiger partial charge in [-0.15, -0.1) is 0 Å². The summed E-state index contributed by atoms with van der Waals surface area (Å²) in [4.78, 5) is 17.1. The van der Waals surface area contributed by atoms with Gasteiger partial charge in [0, 0.05) is 36.2 Å². The number of carbonyl (C=O) groups excluding carboxylic acids is 1. The second-order valence-electron chi connectivity index (χ2n) is 6.11. The number of anilines is 2. The summed E-state index contributed by atoms with van der Waals surface area (Å²) in [7, 11) is 3.77. The molecule has 0 saturated carbocycles. The number of para-hydroxylation sites is 1. The lowest BCUT2D eigenvalue weighted by atomic mass is 10.1. The van der Waals surface area contributed by atoms with E-state index in [1.54, 1.807) is 19.2 Å². The van der Waals surface area contributed by atoms with Crippen LogP contribution in [-0.4, -0.2) is 51.1 Å². The molecule has 0 bridgehead atoms. The summed E-state index contributed by atoms with van der Waals surface area (Å²) in [5.74, 6) is 0.554. The van der Waals surface area contributed by atoms with Crippen LogP contribution < -0.4 is 15.0 Å². The van der Waals surface area contributed by atoms with Gasteiger partial charge in [0.15, 0.2) is 5.75 Å². The molecule has 3 rings (SSSR count). The zero-order valence-corrected chi connectivity index (χ0v) is 16.0. The average molecular weight is 404 g/mol. The summed E-state index contributed by atoms with van der Waals surface area (Å²) in [5, 5.41) is 2.97. The fraction of sp³-hybridized carbons (Fsp3) is 0.316. The first-order valence-electron chi connectivity index (χ1n) is 8.26. The van der Waals surface area contributed by atoms with E-state index in [1.807, 2.05) is 30.3 Å². The maximum absolute atomic E-state index is 12.5. The van der Waals surface area contributed by atoms with Gasteiger partial charge in [0.1, 0.15) is 0 Å². The Morgan fingerprint density at radius 2 is 1.76 bits per heavy atom. The van der Waals surface area contributed by atoms with Crippen molar-refractivity contribution in [2.24, 2.45) is 0 Å². The Kier molecular flexibility index (Phi) is 5.60. The van der Waals surface area contributed by atoms with Crippen molar-refractivity contribution in [2.45, 2.75) is 0 Å². The minimum absolute atomic E-state index is 0.152. The highest BCUT2D eigenvalue weighted by atomic mass is 79.9. The van der Waals surface area contributed by atoms with Crippen molar-refractivity contribution in [1.29, 1.82) is 0 Å². The molecule has 2 aromatic rings. The Hall–Kier alpha value is -2.05. The number of ether oxygens (including phenoxy) is 1. The van der Waals surface area contributed by atoms with Gasteiger partial charge in [-0.2, -0.15) is 0 Å². The minimum atomic E-state index is -0.152. The molecular weight excluding hydrogens is 382 g/mol. The number of nitrogens with zero attached hydrogens (tertiary/aromatic N) is 2. The second kappa shape index (κ2) is 7.89. The van der Waals surface area contributed by atoms with E-state index in [0.717, 1.165) is 36.3 Å². The number of halogens is 1. The van der Waals surface area contributed by atoms with Gasteiger partial charge in [-0.25, -0.2) is 0 Å². The molecule has 1 N–H and O–H groups in total. The van der Waals surface area contributed by atoms with Crippen molar-refractivity contribution in [2.75, 3.05) is 50.6 Å². The number of nitrogens with one attached hydrogen (secondary N) is 1. The molecule has 0 unspecified atom stereocenters. The predicted octanol–water partition coefficient (Wildman–Crippen LogP) is 3.46. The van der Waals surface area contributed by atoms with Gasteiger partial charge >= 0.3 is 0 Å². The third-order valence-electron chi connectivity index (χ3n) is 4.40. The molecule has 0 spiro atoms. The van der Waals surface area contributed by atoms with Crippen LogP contribution >= 0.6 is 15.9 Å². The molecule has 1 saturated heterocycles. The maximum atomic E-state index is 12.5. The zero-order chi connectivity index (χ0) is 17.8. The molecular formula is C19H22BrN3O2. The Labute approximate surface area is 156 Å². The molecule has 0 radical (unpaired) electrons. The number of rotatable bonds is 4. The number of likely N-dealkylation sites (N-methyl/N-ethyl adjacent to an activating group) is 1. The summed E-state index contributed by atoms with van der Waals surface area (Å²) >= 11 is 3.38. The molecule has 0 aromatic heterocycles. The molecule has 25 heavy (non-hydrogen) atoms. The van der Waals surface area contributed by atoms with E-state index < -0.39 is 0 Å². The zero-order valence-electron chi connectivity index (χ0n) is 14.5. The highest BCUT2D eigenvalue weighted by Gasteiger charge is 2.20. The number of hydrogen-bond donors (Lipinski definition) is 1. The first-order valence-corrected chi connectivity index (χ1v) is 9.05. The Bertz CT molecular complexity index is 741. The fourth-order valence-electron chi connectivity index (χ4n) is 2.93. The van der Waals surface area contributed by atoms with Crippen LogP contribution in [-0.2, 0) is 0 Å². The second-order valence-corrected chi connectivity index (χ2v) is 7.02. The van der Waals surface area contributed by atoms with Crippen LogP contribution in [0, 0.1) is 0 Å². The van der Waals surface area contributed by atoms with Crippen molar-refractivity contribution in [1.82, 2.24) is 4.90 Å². The SMILES string of the molecule is COc1c(NC(=O)c2ccc(Br)cc2)cccc1N1CCN(C)CC1. The van der Waals surface area contributed by atoms with Crippen molar-refractivity contribution < 1.29 is 9.53 Å².